The number of aliphatic hydroxyl groups is 1. The van der Waals surface area contributed by atoms with Gasteiger partial charge in [0.2, 0.25) is 0 Å². The van der Waals surface area contributed by atoms with Crippen LogP contribution in [0.25, 0.3) is 0 Å². The molecule has 0 bridgehead atoms. The normalized spacial score (nSPS) is 13.0. The Morgan fingerprint density at radius 2 is 2.00 bits per heavy atom. The summed E-state index contributed by atoms with van der Waals surface area (Å²) in [4.78, 5) is 0. The molecule has 0 aliphatic heterocycles. The fraction of sp³-hybridized carbons (Fsp3) is 0.455. The number of methoxy groups -OCH3 is 1. The maximum Gasteiger partial charge on any atom is 0.165 e. The summed E-state index contributed by atoms with van der Waals surface area (Å²) in [6.45, 7) is 3.74. The lowest BCUT2D eigenvalue weighted by atomic mass is 9.98. The van der Waals surface area contributed by atoms with Crippen molar-refractivity contribution < 1.29 is 14.2 Å². The minimum atomic E-state index is -0.694. The number of para-hydroxylation sites is 1. The van der Waals surface area contributed by atoms with Crippen LogP contribution in [-0.2, 0) is 0 Å². The molecule has 1 rings (SSSR count). The molecule has 0 spiro atoms. The summed E-state index contributed by atoms with van der Waals surface area (Å²) in [5, 5.41) is 9.79. The van der Waals surface area contributed by atoms with Crippen LogP contribution in [-0.4, -0.2) is 12.2 Å². The van der Waals surface area contributed by atoms with Gasteiger partial charge in [0.05, 0.1) is 13.2 Å². The Morgan fingerprint density at radius 3 is 2.50 bits per heavy atom. The molecule has 0 aliphatic carbocycles. The average molecular weight is 198 g/mol. The molecule has 1 aromatic rings. The highest BCUT2D eigenvalue weighted by atomic mass is 19.1. The largest absolute Gasteiger partial charge is 0.493 e. The highest BCUT2D eigenvalue weighted by Gasteiger charge is 2.18. The Hall–Kier alpha value is -1.09. The molecule has 0 aromatic heterocycles. The minimum Gasteiger partial charge on any atom is -0.493 e. The zero-order chi connectivity index (χ0) is 10.7. The van der Waals surface area contributed by atoms with E-state index in [1.807, 2.05) is 13.8 Å². The van der Waals surface area contributed by atoms with Gasteiger partial charge in [-0.3, -0.25) is 0 Å². The molecule has 3 heteroatoms. The standard InChI is InChI=1S/C11H15FO2/c1-7(2)10(13)8-5-4-6-9(12)11(8)14-3/h4-7,10,13H,1-3H3. The van der Waals surface area contributed by atoms with Gasteiger partial charge in [0.1, 0.15) is 0 Å². The number of ether oxygens (including phenoxy) is 1. The summed E-state index contributed by atoms with van der Waals surface area (Å²) in [6, 6.07) is 4.56. The first-order valence-corrected chi connectivity index (χ1v) is 4.58. The van der Waals surface area contributed by atoms with Crippen molar-refractivity contribution in [3.05, 3.63) is 29.6 Å². The maximum atomic E-state index is 13.2. The Bertz CT molecular complexity index is 310. The summed E-state index contributed by atoms with van der Waals surface area (Å²) in [5.41, 5.74) is 0.502. The molecule has 1 N–H and O–H groups in total. The fourth-order valence-electron chi connectivity index (χ4n) is 1.33. The van der Waals surface area contributed by atoms with Crippen LogP contribution in [0.5, 0.6) is 5.75 Å². The van der Waals surface area contributed by atoms with Gasteiger partial charge in [0, 0.05) is 5.56 Å². The first-order valence-electron chi connectivity index (χ1n) is 4.58. The second kappa shape index (κ2) is 4.42. The highest BCUT2D eigenvalue weighted by Crippen LogP contribution is 2.31. The van der Waals surface area contributed by atoms with Gasteiger partial charge in [0.15, 0.2) is 11.6 Å². The quantitative estimate of drug-likeness (QED) is 0.808. The van der Waals surface area contributed by atoms with Crippen LogP contribution < -0.4 is 4.74 Å². The van der Waals surface area contributed by atoms with Crippen molar-refractivity contribution in [3.63, 3.8) is 0 Å². The van der Waals surface area contributed by atoms with E-state index in [0.29, 0.717) is 5.56 Å². The predicted molar refractivity (Wildman–Crippen MR) is 52.7 cm³/mol. The molecule has 0 radical (unpaired) electrons. The van der Waals surface area contributed by atoms with Crippen LogP contribution in [0.15, 0.2) is 18.2 Å². The zero-order valence-corrected chi connectivity index (χ0v) is 8.62. The van der Waals surface area contributed by atoms with Gasteiger partial charge in [0.25, 0.3) is 0 Å². The second-order valence-corrected chi connectivity index (χ2v) is 3.55. The minimum absolute atomic E-state index is 0.0331. The first kappa shape index (κ1) is 11.0. The van der Waals surface area contributed by atoms with Crippen molar-refractivity contribution in [1.29, 1.82) is 0 Å². The third-order valence-electron chi connectivity index (χ3n) is 2.15. The Balaban J connectivity index is 3.13. The van der Waals surface area contributed by atoms with Crippen LogP contribution >= 0.6 is 0 Å². The van der Waals surface area contributed by atoms with Gasteiger partial charge in [-0.25, -0.2) is 4.39 Å². The molecule has 0 saturated carbocycles. The maximum absolute atomic E-state index is 13.2. The summed E-state index contributed by atoms with van der Waals surface area (Å²) < 4.78 is 18.2. The van der Waals surface area contributed by atoms with E-state index < -0.39 is 11.9 Å². The summed E-state index contributed by atoms with van der Waals surface area (Å²) >= 11 is 0. The van der Waals surface area contributed by atoms with E-state index in [2.05, 4.69) is 0 Å². The van der Waals surface area contributed by atoms with Gasteiger partial charge in [-0.05, 0) is 12.0 Å². The molecule has 14 heavy (non-hydrogen) atoms. The van der Waals surface area contributed by atoms with Crippen LogP contribution in [0.4, 0.5) is 4.39 Å². The van der Waals surface area contributed by atoms with Crippen LogP contribution in [0.1, 0.15) is 25.5 Å². The zero-order valence-electron chi connectivity index (χ0n) is 8.62. The lowest BCUT2D eigenvalue weighted by Crippen LogP contribution is -2.08. The third kappa shape index (κ3) is 2.04. The van der Waals surface area contributed by atoms with Crippen LogP contribution in [0.3, 0.4) is 0 Å². The molecule has 0 amide bonds. The number of rotatable bonds is 3. The summed E-state index contributed by atoms with van der Waals surface area (Å²) in [7, 11) is 1.40. The van der Waals surface area contributed by atoms with E-state index in [1.165, 1.54) is 13.2 Å². The topological polar surface area (TPSA) is 29.5 Å². The van der Waals surface area contributed by atoms with E-state index >= 15 is 0 Å². The monoisotopic (exact) mass is 198 g/mol. The lowest BCUT2D eigenvalue weighted by molar-refractivity contribution is 0.123. The molecule has 0 fully saturated rings. The Labute approximate surface area is 83.3 Å². The van der Waals surface area contributed by atoms with Crippen LogP contribution in [0.2, 0.25) is 0 Å². The molecular formula is C11H15FO2. The molecule has 1 unspecified atom stereocenters. The summed E-state index contributed by atoms with van der Waals surface area (Å²) in [6.07, 6.45) is -0.694. The Morgan fingerprint density at radius 1 is 1.36 bits per heavy atom. The SMILES string of the molecule is COc1c(F)cccc1C(O)C(C)C. The number of halogens is 1. The van der Waals surface area contributed by atoms with Crippen molar-refractivity contribution in [3.8, 4) is 5.75 Å². The van der Waals surface area contributed by atoms with Gasteiger partial charge in [-0.15, -0.1) is 0 Å². The molecule has 78 valence electrons. The molecule has 0 saturated heterocycles. The number of aliphatic hydroxyl groups excluding tert-OH is 1. The molecule has 1 atom stereocenters. The van der Waals surface area contributed by atoms with Crippen LogP contribution in [0, 0.1) is 11.7 Å². The number of hydrogen-bond acceptors (Lipinski definition) is 2. The lowest BCUT2D eigenvalue weighted by Gasteiger charge is -2.17. The molecular weight excluding hydrogens is 183 g/mol. The van der Waals surface area contributed by atoms with Gasteiger partial charge in [-0.2, -0.15) is 0 Å². The van der Waals surface area contributed by atoms with Gasteiger partial charge < -0.3 is 9.84 Å². The smallest absolute Gasteiger partial charge is 0.165 e. The van der Waals surface area contributed by atoms with Crippen molar-refractivity contribution in [2.24, 2.45) is 5.92 Å². The van der Waals surface area contributed by atoms with Crippen molar-refractivity contribution in [1.82, 2.24) is 0 Å². The second-order valence-electron chi connectivity index (χ2n) is 3.55. The van der Waals surface area contributed by atoms with E-state index in [-0.39, 0.29) is 11.7 Å². The van der Waals surface area contributed by atoms with E-state index in [1.54, 1.807) is 12.1 Å². The van der Waals surface area contributed by atoms with E-state index in [0.717, 1.165) is 0 Å². The third-order valence-corrected chi connectivity index (χ3v) is 2.15. The van der Waals surface area contributed by atoms with Gasteiger partial charge >= 0.3 is 0 Å². The first-order chi connectivity index (χ1) is 6.57. The Kier molecular flexibility index (Phi) is 3.47. The predicted octanol–water partition coefficient (Wildman–Crippen LogP) is 2.52. The molecule has 0 heterocycles. The molecule has 1 aromatic carbocycles. The van der Waals surface area contributed by atoms with E-state index in [9.17, 15) is 9.50 Å². The number of benzene rings is 1. The van der Waals surface area contributed by atoms with Crippen molar-refractivity contribution in [2.45, 2.75) is 20.0 Å². The van der Waals surface area contributed by atoms with Gasteiger partial charge in [-0.1, -0.05) is 26.0 Å². The number of hydrogen-bond donors (Lipinski definition) is 1. The van der Waals surface area contributed by atoms with Crippen molar-refractivity contribution >= 4 is 0 Å². The molecule has 0 aliphatic rings. The summed E-state index contributed by atoms with van der Waals surface area (Å²) in [5.74, 6) is -0.274. The average Bonchev–Trinajstić information content (AvgIpc) is 2.16. The fourth-order valence-corrected chi connectivity index (χ4v) is 1.33. The highest BCUT2D eigenvalue weighted by molar-refractivity contribution is 5.36. The van der Waals surface area contributed by atoms with E-state index in [4.69, 9.17) is 4.74 Å². The van der Waals surface area contributed by atoms with Crippen molar-refractivity contribution in [2.75, 3.05) is 7.11 Å². The molecule has 2 nitrogen and oxygen atoms in total.